The van der Waals surface area contributed by atoms with E-state index in [1.54, 1.807) is 0 Å². The average Bonchev–Trinajstić information content (AvgIpc) is 2.96. The molecule has 1 atom stereocenters. The van der Waals surface area contributed by atoms with Crippen LogP contribution in [0.1, 0.15) is 36.9 Å². The third-order valence-electron chi connectivity index (χ3n) is 3.39. The monoisotopic (exact) mass is 229 g/mol. The summed E-state index contributed by atoms with van der Waals surface area (Å²) in [6, 6.07) is 5.01. The van der Waals surface area contributed by atoms with Crippen LogP contribution in [0.5, 0.6) is 0 Å². The molecule has 1 unspecified atom stereocenters. The van der Waals surface area contributed by atoms with E-state index in [0.717, 1.165) is 30.5 Å². The molecule has 0 aromatic heterocycles. The molecule has 0 aliphatic heterocycles. The van der Waals surface area contributed by atoms with E-state index in [0.29, 0.717) is 0 Å². The molecule has 1 aliphatic rings. The second-order valence-corrected chi connectivity index (χ2v) is 4.75. The Balaban J connectivity index is 2.19. The second-order valence-electron chi connectivity index (χ2n) is 4.75. The summed E-state index contributed by atoms with van der Waals surface area (Å²) in [4.78, 5) is 0. The number of hydrogen-bond donors (Lipinski definition) is 1. The lowest BCUT2D eigenvalue weighted by molar-refractivity contribution is -0.137. The Bertz CT molecular complexity index is 376. The van der Waals surface area contributed by atoms with Crippen molar-refractivity contribution in [2.75, 3.05) is 0 Å². The fourth-order valence-electron chi connectivity index (χ4n) is 1.79. The van der Waals surface area contributed by atoms with E-state index in [1.165, 1.54) is 12.1 Å². The van der Waals surface area contributed by atoms with E-state index in [9.17, 15) is 13.2 Å². The molecule has 0 heterocycles. The molecule has 0 bridgehead atoms. The summed E-state index contributed by atoms with van der Waals surface area (Å²) < 4.78 is 37.0. The van der Waals surface area contributed by atoms with E-state index >= 15 is 0 Å². The van der Waals surface area contributed by atoms with Gasteiger partial charge in [0.25, 0.3) is 0 Å². The highest BCUT2D eigenvalue weighted by Crippen LogP contribution is 2.53. The molecule has 2 N–H and O–H groups in total. The third-order valence-corrected chi connectivity index (χ3v) is 3.39. The normalized spacial score (nSPS) is 20.6. The van der Waals surface area contributed by atoms with Crippen LogP contribution in [0.4, 0.5) is 13.2 Å². The molecule has 1 saturated carbocycles. The summed E-state index contributed by atoms with van der Waals surface area (Å²) in [5.41, 5.74) is 6.26. The predicted octanol–water partition coefficient (Wildman–Crippen LogP) is 3.51. The van der Waals surface area contributed by atoms with Crippen molar-refractivity contribution >= 4 is 0 Å². The molecule has 2 rings (SSSR count). The van der Waals surface area contributed by atoms with E-state index in [1.807, 2.05) is 0 Å². The van der Waals surface area contributed by atoms with Gasteiger partial charge in [-0.3, -0.25) is 0 Å². The molecule has 16 heavy (non-hydrogen) atoms. The number of alkyl halides is 3. The van der Waals surface area contributed by atoms with Gasteiger partial charge in [-0.25, -0.2) is 0 Å². The van der Waals surface area contributed by atoms with Gasteiger partial charge in [0.15, 0.2) is 0 Å². The Kier molecular flexibility index (Phi) is 2.49. The summed E-state index contributed by atoms with van der Waals surface area (Å²) in [6.45, 7) is 2.06. The first-order valence-electron chi connectivity index (χ1n) is 5.26. The highest BCUT2D eigenvalue weighted by Gasteiger charge is 2.43. The van der Waals surface area contributed by atoms with Crippen LogP contribution in [0.15, 0.2) is 24.3 Å². The first-order chi connectivity index (χ1) is 7.33. The lowest BCUT2D eigenvalue weighted by Gasteiger charge is -2.19. The van der Waals surface area contributed by atoms with Crippen molar-refractivity contribution in [1.82, 2.24) is 0 Å². The zero-order valence-electron chi connectivity index (χ0n) is 9.01. The maximum absolute atomic E-state index is 12.3. The highest BCUT2D eigenvalue weighted by atomic mass is 19.4. The molecule has 1 aromatic rings. The van der Waals surface area contributed by atoms with E-state index < -0.39 is 11.7 Å². The standard InChI is InChI=1S/C12H14F3N/c1-11(6-7-11)10(16)8-2-4-9(5-3-8)12(13,14)15/h2-5,10H,6-7,16H2,1H3. The minimum Gasteiger partial charge on any atom is -0.323 e. The number of hydrogen-bond acceptors (Lipinski definition) is 1. The van der Waals surface area contributed by atoms with E-state index in [4.69, 9.17) is 5.73 Å². The molecule has 1 aliphatic carbocycles. The van der Waals surface area contributed by atoms with Crippen molar-refractivity contribution in [3.63, 3.8) is 0 Å². The summed E-state index contributed by atoms with van der Waals surface area (Å²) in [6.07, 6.45) is -2.17. The quantitative estimate of drug-likeness (QED) is 0.825. The largest absolute Gasteiger partial charge is 0.416 e. The molecule has 0 saturated heterocycles. The minimum atomic E-state index is -4.27. The Morgan fingerprint density at radius 2 is 1.69 bits per heavy atom. The van der Waals surface area contributed by atoms with Crippen LogP contribution >= 0.6 is 0 Å². The topological polar surface area (TPSA) is 26.0 Å². The van der Waals surface area contributed by atoms with Crippen molar-refractivity contribution in [2.24, 2.45) is 11.1 Å². The molecule has 1 nitrogen and oxygen atoms in total. The number of nitrogens with two attached hydrogens (primary N) is 1. The molecule has 0 spiro atoms. The van der Waals surface area contributed by atoms with Crippen molar-refractivity contribution in [2.45, 2.75) is 32.0 Å². The lowest BCUT2D eigenvalue weighted by Crippen LogP contribution is -2.20. The first kappa shape index (κ1) is 11.5. The molecule has 1 aromatic carbocycles. The van der Waals surface area contributed by atoms with Crippen molar-refractivity contribution < 1.29 is 13.2 Å². The highest BCUT2D eigenvalue weighted by molar-refractivity contribution is 5.28. The third kappa shape index (κ3) is 2.07. The van der Waals surface area contributed by atoms with Gasteiger partial charge < -0.3 is 5.73 Å². The maximum Gasteiger partial charge on any atom is 0.416 e. The van der Waals surface area contributed by atoms with E-state index in [2.05, 4.69) is 6.92 Å². The predicted molar refractivity (Wildman–Crippen MR) is 55.7 cm³/mol. The molecule has 88 valence electrons. The van der Waals surface area contributed by atoms with Crippen LogP contribution in [0, 0.1) is 5.41 Å². The van der Waals surface area contributed by atoms with Gasteiger partial charge in [0.05, 0.1) is 5.56 Å². The van der Waals surface area contributed by atoms with Gasteiger partial charge in [-0.05, 0) is 36.0 Å². The fraction of sp³-hybridized carbons (Fsp3) is 0.500. The molecule has 4 heteroatoms. The van der Waals surface area contributed by atoms with Gasteiger partial charge in [0.2, 0.25) is 0 Å². The summed E-state index contributed by atoms with van der Waals surface area (Å²) in [7, 11) is 0. The Morgan fingerprint density at radius 3 is 2.06 bits per heavy atom. The first-order valence-corrected chi connectivity index (χ1v) is 5.26. The number of halogens is 3. The Labute approximate surface area is 92.5 Å². The minimum absolute atomic E-state index is 0.0831. The molecular weight excluding hydrogens is 215 g/mol. The van der Waals surface area contributed by atoms with Crippen LogP contribution in [0.2, 0.25) is 0 Å². The van der Waals surface area contributed by atoms with E-state index in [-0.39, 0.29) is 11.5 Å². The van der Waals surface area contributed by atoms with Crippen LogP contribution < -0.4 is 5.73 Å². The summed E-state index contributed by atoms with van der Waals surface area (Å²) in [5.74, 6) is 0. The van der Waals surface area contributed by atoms with Crippen molar-refractivity contribution in [3.05, 3.63) is 35.4 Å². The lowest BCUT2D eigenvalue weighted by atomic mass is 9.92. The van der Waals surface area contributed by atoms with Gasteiger partial charge >= 0.3 is 6.18 Å². The van der Waals surface area contributed by atoms with Crippen molar-refractivity contribution in [1.29, 1.82) is 0 Å². The molecule has 0 radical (unpaired) electrons. The summed E-state index contributed by atoms with van der Waals surface area (Å²) in [5, 5.41) is 0. The van der Waals surface area contributed by atoms with Gasteiger partial charge in [0.1, 0.15) is 0 Å². The van der Waals surface area contributed by atoms with Crippen LogP contribution in [0.25, 0.3) is 0 Å². The van der Waals surface area contributed by atoms with Crippen LogP contribution in [0.3, 0.4) is 0 Å². The Morgan fingerprint density at radius 1 is 1.19 bits per heavy atom. The Hall–Kier alpha value is -1.03. The molecule has 1 fully saturated rings. The number of rotatable bonds is 2. The second kappa shape index (κ2) is 3.48. The van der Waals surface area contributed by atoms with Crippen molar-refractivity contribution in [3.8, 4) is 0 Å². The van der Waals surface area contributed by atoms with Gasteiger partial charge in [0, 0.05) is 6.04 Å². The van der Waals surface area contributed by atoms with Gasteiger partial charge in [-0.15, -0.1) is 0 Å². The zero-order chi connectivity index (χ0) is 12.0. The number of benzene rings is 1. The maximum atomic E-state index is 12.3. The average molecular weight is 229 g/mol. The van der Waals surface area contributed by atoms with Crippen LogP contribution in [-0.4, -0.2) is 0 Å². The van der Waals surface area contributed by atoms with Crippen LogP contribution in [-0.2, 0) is 6.18 Å². The SMILES string of the molecule is CC1(C(N)c2ccc(C(F)(F)F)cc2)CC1. The smallest absolute Gasteiger partial charge is 0.323 e. The summed E-state index contributed by atoms with van der Waals surface area (Å²) >= 11 is 0. The van der Waals surface area contributed by atoms with Gasteiger partial charge in [-0.2, -0.15) is 13.2 Å². The zero-order valence-corrected chi connectivity index (χ0v) is 9.01. The molecule has 0 amide bonds. The fourth-order valence-corrected chi connectivity index (χ4v) is 1.79. The molecular formula is C12H14F3N. The van der Waals surface area contributed by atoms with Gasteiger partial charge in [-0.1, -0.05) is 19.1 Å².